The quantitative estimate of drug-likeness (QED) is 0.568. The van der Waals surface area contributed by atoms with E-state index < -0.39 is 18.0 Å². The van der Waals surface area contributed by atoms with Crippen molar-refractivity contribution in [3.05, 3.63) is 0 Å². The number of carboxylic acids is 1. The van der Waals surface area contributed by atoms with Crippen molar-refractivity contribution in [2.45, 2.75) is 32.7 Å². The normalized spacial score (nSPS) is 11.6. The van der Waals surface area contributed by atoms with Crippen molar-refractivity contribution in [3.8, 4) is 0 Å². The van der Waals surface area contributed by atoms with Gasteiger partial charge in [0.15, 0.2) is 0 Å². The molecule has 0 fully saturated rings. The number of methoxy groups -OCH3 is 1. The fraction of sp³-hybridized carbons (Fsp3) is 0.769. The van der Waals surface area contributed by atoms with Gasteiger partial charge in [0.1, 0.15) is 6.54 Å². The molecule has 2 N–H and O–H groups in total. The molecule has 0 aliphatic rings. The minimum Gasteiger partial charge on any atom is -0.481 e. The van der Waals surface area contributed by atoms with E-state index in [9.17, 15) is 14.4 Å². The number of amides is 2. The SMILES string of the molecule is CCOC(=O)CN(CCOC)C(=O)NC(C)CCC(=O)O. The van der Waals surface area contributed by atoms with Gasteiger partial charge >= 0.3 is 18.0 Å². The molecule has 0 aromatic rings. The highest BCUT2D eigenvalue weighted by atomic mass is 16.5. The summed E-state index contributed by atoms with van der Waals surface area (Å²) in [5.41, 5.74) is 0. The second-order valence-electron chi connectivity index (χ2n) is 4.50. The minimum absolute atomic E-state index is 0.0304. The van der Waals surface area contributed by atoms with Gasteiger partial charge in [0, 0.05) is 26.1 Å². The van der Waals surface area contributed by atoms with E-state index in [0.717, 1.165) is 0 Å². The van der Waals surface area contributed by atoms with Crippen molar-refractivity contribution in [3.63, 3.8) is 0 Å². The zero-order valence-corrected chi connectivity index (χ0v) is 12.8. The van der Waals surface area contributed by atoms with Crippen LogP contribution in [0.3, 0.4) is 0 Å². The molecule has 0 aliphatic carbocycles. The van der Waals surface area contributed by atoms with Crippen molar-refractivity contribution in [1.29, 1.82) is 0 Å². The van der Waals surface area contributed by atoms with Gasteiger partial charge in [0.2, 0.25) is 0 Å². The molecule has 0 saturated carbocycles. The topological polar surface area (TPSA) is 105 Å². The van der Waals surface area contributed by atoms with Crippen LogP contribution in [0, 0.1) is 0 Å². The Morgan fingerprint density at radius 1 is 1.33 bits per heavy atom. The van der Waals surface area contributed by atoms with Crippen LogP contribution in [0.4, 0.5) is 4.79 Å². The number of ether oxygens (including phenoxy) is 2. The number of aliphatic carboxylic acids is 1. The van der Waals surface area contributed by atoms with Crippen LogP contribution >= 0.6 is 0 Å². The highest BCUT2D eigenvalue weighted by Gasteiger charge is 2.19. The first kappa shape index (κ1) is 19.2. The number of esters is 1. The largest absolute Gasteiger partial charge is 0.481 e. The van der Waals surface area contributed by atoms with Gasteiger partial charge < -0.3 is 24.8 Å². The molecule has 0 radical (unpaired) electrons. The van der Waals surface area contributed by atoms with Crippen LogP contribution in [0.25, 0.3) is 0 Å². The van der Waals surface area contributed by atoms with Crippen LogP contribution in [-0.2, 0) is 19.1 Å². The summed E-state index contributed by atoms with van der Waals surface area (Å²) in [7, 11) is 1.50. The zero-order chi connectivity index (χ0) is 16.3. The molecule has 0 aromatic carbocycles. The van der Waals surface area contributed by atoms with Gasteiger partial charge in [-0.1, -0.05) is 0 Å². The number of carbonyl (C=O) groups is 3. The van der Waals surface area contributed by atoms with Gasteiger partial charge in [-0.2, -0.15) is 0 Å². The van der Waals surface area contributed by atoms with Gasteiger partial charge in [-0.15, -0.1) is 0 Å². The van der Waals surface area contributed by atoms with Crippen molar-refractivity contribution < 1.29 is 29.0 Å². The maximum absolute atomic E-state index is 12.0. The monoisotopic (exact) mass is 304 g/mol. The summed E-state index contributed by atoms with van der Waals surface area (Å²) < 4.78 is 9.70. The number of carbonyl (C=O) groups excluding carboxylic acids is 2. The van der Waals surface area contributed by atoms with Crippen molar-refractivity contribution >= 4 is 18.0 Å². The first-order valence-electron chi connectivity index (χ1n) is 6.82. The molecule has 8 heteroatoms. The first-order valence-corrected chi connectivity index (χ1v) is 6.82. The second kappa shape index (κ2) is 10.9. The van der Waals surface area contributed by atoms with E-state index in [0.29, 0.717) is 6.42 Å². The number of carboxylic acid groups (broad SMARTS) is 1. The third-order valence-electron chi connectivity index (χ3n) is 2.64. The van der Waals surface area contributed by atoms with Crippen LogP contribution in [0.2, 0.25) is 0 Å². The Hall–Kier alpha value is -1.83. The number of hydrogen-bond acceptors (Lipinski definition) is 5. The molecule has 0 saturated heterocycles. The number of rotatable bonds is 10. The Morgan fingerprint density at radius 2 is 2.00 bits per heavy atom. The zero-order valence-electron chi connectivity index (χ0n) is 12.8. The smallest absolute Gasteiger partial charge is 0.325 e. The molecule has 0 rings (SSSR count). The number of nitrogens with one attached hydrogen (secondary N) is 1. The van der Waals surface area contributed by atoms with Crippen LogP contribution in [0.5, 0.6) is 0 Å². The molecule has 122 valence electrons. The molecule has 21 heavy (non-hydrogen) atoms. The van der Waals surface area contributed by atoms with Crippen molar-refractivity contribution in [1.82, 2.24) is 10.2 Å². The van der Waals surface area contributed by atoms with E-state index in [4.69, 9.17) is 14.6 Å². The summed E-state index contributed by atoms with van der Waals surface area (Å²) in [5, 5.41) is 11.3. The third kappa shape index (κ3) is 9.67. The van der Waals surface area contributed by atoms with E-state index in [1.54, 1.807) is 13.8 Å². The molecule has 0 heterocycles. The minimum atomic E-state index is -0.918. The van der Waals surface area contributed by atoms with E-state index in [1.807, 2.05) is 0 Å². The van der Waals surface area contributed by atoms with E-state index in [-0.39, 0.29) is 38.8 Å². The fourth-order valence-electron chi connectivity index (χ4n) is 1.53. The number of nitrogens with zero attached hydrogens (tertiary/aromatic N) is 1. The van der Waals surface area contributed by atoms with Gasteiger partial charge in [-0.05, 0) is 20.3 Å². The van der Waals surface area contributed by atoms with Crippen LogP contribution in [-0.4, -0.2) is 67.4 Å². The van der Waals surface area contributed by atoms with Crippen LogP contribution in [0.1, 0.15) is 26.7 Å². The fourth-order valence-corrected chi connectivity index (χ4v) is 1.53. The Morgan fingerprint density at radius 3 is 2.52 bits per heavy atom. The average molecular weight is 304 g/mol. The second-order valence-corrected chi connectivity index (χ2v) is 4.50. The Kier molecular flexibility index (Phi) is 9.95. The Labute approximate surface area is 124 Å². The molecule has 1 atom stereocenters. The van der Waals surface area contributed by atoms with Gasteiger partial charge in [-0.3, -0.25) is 9.59 Å². The van der Waals surface area contributed by atoms with Gasteiger partial charge in [0.05, 0.1) is 13.2 Å². The number of urea groups is 1. The molecule has 1 unspecified atom stereocenters. The maximum atomic E-state index is 12.0. The third-order valence-corrected chi connectivity index (χ3v) is 2.64. The Balaban J connectivity index is 4.41. The lowest BCUT2D eigenvalue weighted by Gasteiger charge is -2.24. The molecule has 0 aliphatic heterocycles. The summed E-state index contributed by atoms with van der Waals surface area (Å²) in [5.74, 6) is -1.42. The standard InChI is InChI=1S/C13H24N2O6/c1-4-21-12(18)9-15(7-8-20-3)13(19)14-10(2)5-6-11(16)17/h10H,4-9H2,1-3H3,(H,14,19)(H,16,17). The number of hydrogen-bond donors (Lipinski definition) is 2. The average Bonchev–Trinajstić information content (AvgIpc) is 2.41. The lowest BCUT2D eigenvalue weighted by atomic mass is 10.2. The predicted molar refractivity (Wildman–Crippen MR) is 74.9 cm³/mol. The molecular weight excluding hydrogens is 280 g/mol. The predicted octanol–water partition coefficient (Wildman–Crippen LogP) is 0.461. The lowest BCUT2D eigenvalue weighted by Crippen LogP contribution is -2.47. The van der Waals surface area contributed by atoms with Gasteiger partial charge in [0.25, 0.3) is 0 Å². The highest BCUT2D eigenvalue weighted by molar-refractivity contribution is 5.81. The molecule has 2 amide bonds. The van der Waals surface area contributed by atoms with E-state index in [1.165, 1.54) is 12.0 Å². The van der Waals surface area contributed by atoms with Crippen LogP contribution < -0.4 is 5.32 Å². The van der Waals surface area contributed by atoms with Crippen molar-refractivity contribution in [2.24, 2.45) is 0 Å². The first-order chi connectivity index (χ1) is 9.90. The van der Waals surface area contributed by atoms with E-state index in [2.05, 4.69) is 5.32 Å². The van der Waals surface area contributed by atoms with Crippen LogP contribution in [0.15, 0.2) is 0 Å². The van der Waals surface area contributed by atoms with Gasteiger partial charge in [-0.25, -0.2) is 4.79 Å². The summed E-state index contributed by atoms with van der Waals surface area (Å²) in [4.78, 5) is 35.3. The molecule has 0 aromatic heterocycles. The summed E-state index contributed by atoms with van der Waals surface area (Å²) in [6.07, 6.45) is 0.288. The van der Waals surface area contributed by atoms with Crippen molar-refractivity contribution in [2.75, 3.05) is 33.4 Å². The molecule has 0 bridgehead atoms. The maximum Gasteiger partial charge on any atom is 0.325 e. The molecule has 8 nitrogen and oxygen atoms in total. The molecular formula is C13H24N2O6. The summed E-state index contributed by atoms with van der Waals surface area (Å²) in [6, 6.07) is -0.751. The lowest BCUT2D eigenvalue weighted by molar-refractivity contribution is -0.143. The highest BCUT2D eigenvalue weighted by Crippen LogP contribution is 1.99. The summed E-state index contributed by atoms with van der Waals surface area (Å²) in [6.45, 7) is 4.00. The molecule has 0 spiro atoms. The van der Waals surface area contributed by atoms with E-state index >= 15 is 0 Å². The Bertz CT molecular complexity index is 348. The summed E-state index contributed by atoms with van der Waals surface area (Å²) >= 11 is 0.